The van der Waals surface area contributed by atoms with Gasteiger partial charge in [-0.05, 0) is 37.9 Å². The molecule has 2 nitrogen and oxygen atoms in total. The van der Waals surface area contributed by atoms with Gasteiger partial charge in [0, 0.05) is 30.8 Å². The lowest BCUT2D eigenvalue weighted by atomic mass is 10.1. The summed E-state index contributed by atoms with van der Waals surface area (Å²) in [6.45, 7) is 10.2. The second kappa shape index (κ2) is 7.56. The van der Waals surface area contributed by atoms with Gasteiger partial charge in [-0.2, -0.15) is 0 Å². The monoisotopic (exact) mass is 270 g/mol. The van der Waals surface area contributed by atoms with Crippen LogP contribution in [-0.2, 0) is 6.54 Å². The van der Waals surface area contributed by atoms with E-state index < -0.39 is 11.6 Å². The third-order valence-corrected chi connectivity index (χ3v) is 2.97. The van der Waals surface area contributed by atoms with E-state index in [9.17, 15) is 8.78 Å². The van der Waals surface area contributed by atoms with Gasteiger partial charge < -0.3 is 10.6 Å². The minimum Gasteiger partial charge on any atom is -0.315 e. The number of hydrogen-bond acceptors (Lipinski definition) is 2. The van der Waals surface area contributed by atoms with Gasteiger partial charge in [0.25, 0.3) is 0 Å². The molecule has 0 aliphatic carbocycles. The molecular weight excluding hydrogens is 246 g/mol. The van der Waals surface area contributed by atoms with Gasteiger partial charge in [-0.1, -0.05) is 13.8 Å². The highest BCUT2D eigenvalue weighted by Gasteiger charge is 2.08. The topological polar surface area (TPSA) is 24.1 Å². The van der Waals surface area contributed by atoms with E-state index in [1.54, 1.807) is 13.0 Å². The van der Waals surface area contributed by atoms with Crippen LogP contribution in [0.1, 0.15) is 31.9 Å². The third-order valence-electron chi connectivity index (χ3n) is 2.97. The molecule has 1 atom stereocenters. The summed E-state index contributed by atoms with van der Waals surface area (Å²) in [6.07, 6.45) is 0. The van der Waals surface area contributed by atoms with E-state index in [0.717, 1.165) is 19.2 Å². The van der Waals surface area contributed by atoms with Crippen LogP contribution < -0.4 is 10.6 Å². The summed E-state index contributed by atoms with van der Waals surface area (Å²) in [4.78, 5) is 0. The van der Waals surface area contributed by atoms with Gasteiger partial charge in [-0.15, -0.1) is 0 Å². The number of halogens is 2. The molecule has 1 rings (SSSR count). The Morgan fingerprint density at radius 3 is 2.37 bits per heavy atom. The molecule has 0 heterocycles. The lowest BCUT2D eigenvalue weighted by Crippen LogP contribution is -2.37. The molecule has 19 heavy (non-hydrogen) atoms. The van der Waals surface area contributed by atoms with Gasteiger partial charge in [0.1, 0.15) is 11.6 Å². The second-order valence-electron chi connectivity index (χ2n) is 5.53. The van der Waals surface area contributed by atoms with E-state index in [1.807, 2.05) is 6.92 Å². The molecule has 0 fully saturated rings. The summed E-state index contributed by atoms with van der Waals surface area (Å²) < 4.78 is 26.7. The molecule has 0 amide bonds. The van der Waals surface area contributed by atoms with Crippen molar-refractivity contribution >= 4 is 0 Å². The van der Waals surface area contributed by atoms with Crippen molar-refractivity contribution < 1.29 is 8.78 Å². The normalized spacial score (nSPS) is 13.0. The summed E-state index contributed by atoms with van der Waals surface area (Å²) in [5, 5.41) is 6.57. The molecule has 1 unspecified atom stereocenters. The van der Waals surface area contributed by atoms with Crippen molar-refractivity contribution in [2.75, 3.05) is 13.1 Å². The van der Waals surface area contributed by atoms with Crippen molar-refractivity contribution in [3.05, 3.63) is 34.9 Å². The molecular formula is C15H24F2N2. The van der Waals surface area contributed by atoms with Gasteiger partial charge in [0.15, 0.2) is 0 Å². The fraction of sp³-hybridized carbons (Fsp3) is 0.600. The molecule has 4 heteroatoms. The van der Waals surface area contributed by atoms with Crippen molar-refractivity contribution in [1.82, 2.24) is 10.6 Å². The Bertz CT molecular complexity index is 405. The molecule has 0 saturated carbocycles. The maximum Gasteiger partial charge on any atom is 0.130 e. The van der Waals surface area contributed by atoms with Crippen LogP contribution in [0, 0.1) is 24.5 Å². The maximum atomic E-state index is 13.5. The first-order valence-corrected chi connectivity index (χ1v) is 6.78. The van der Waals surface area contributed by atoms with Crippen molar-refractivity contribution in [3.8, 4) is 0 Å². The molecule has 1 aromatic carbocycles. The van der Waals surface area contributed by atoms with Gasteiger partial charge in [0.2, 0.25) is 0 Å². The highest BCUT2D eigenvalue weighted by molar-refractivity contribution is 5.25. The summed E-state index contributed by atoms with van der Waals surface area (Å²) in [5.74, 6) is -0.366. The van der Waals surface area contributed by atoms with Gasteiger partial charge >= 0.3 is 0 Å². The van der Waals surface area contributed by atoms with Crippen LogP contribution in [0.25, 0.3) is 0 Å². The Kier molecular flexibility index (Phi) is 6.38. The van der Waals surface area contributed by atoms with Crippen molar-refractivity contribution in [3.63, 3.8) is 0 Å². The molecule has 0 aromatic heterocycles. The smallest absolute Gasteiger partial charge is 0.130 e. The lowest BCUT2D eigenvalue weighted by Gasteiger charge is -2.16. The fourth-order valence-electron chi connectivity index (χ4n) is 1.80. The summed E-state index contributed by atoms with van der Waals surface area (Å²) in [6, 6.07) is 2.75. The quantitative estimate of drug-likeness (QED) is 0.796. The minimum absolute atomic E-state index is 0.239. The van der Waals surface area contributed by atoms with Crippen LogP contribution in [-0.4, -0.2) is 19.1 Å². The van der Waals surface area contributed by atoms with Gasteiger partial charge in [-0.3, -0.25) is 0 Å². The zero-order valence-electron chi connectivity index (χ0n) is 12.2. The van der Waals surface area contributed by atoms with Crippen LogP contribution >= 0.6 is 0 Å². The van der Waals surface area contributed by atoms with Crippen LogP contribution in [0.2, 0.25) is 0 Å². The Morgan fingerprint density at radius 2 is 1.74 bits per heavy atom. The van der Waals surface area contributed by atoms with Gasteiger partial charge in [0.05, 0.1) is 0 Å². The van der Waals surface area contributed by atoms with Crippen LogP contribution in [0.5, 0.6) is 0 Å². The van der Waals surface area contributed by atoms with Crippen LogP contribution in [0.4, 0.5) is 8.78 Å². The molecule has 0 radical (unpaired) electrons. The van der Waals surface area contributed by atoms with E-state index in [0.29, 0.717) is 23.6 Å². The van der Waals surface area contributed by atoms with Crippen LogP contribution in [0.15, 0.2) is 12.1 Å². The number of hydrogen-bond donors (Lipinski definition) is 2. The Morgan fingerprint density at radius 1 is 1.05 bits per heavy atom. The molecule has 0 saturated heterocycles. The van der Waals surface area contributed by atoms with E-state index in [4.69, 9.17) is 0 Å². The Labute approximate surface area is 114 Å². The first kappa shape index (κ1) is 16.1. The molecule has 108 valence electrons. The zero-order valence-corrected chi connectivity index (χ0v) is 12.2. The number of aryl methyl sites for hydroxylation is 1. The Balaban J connectivity index is 2.42. The SMILES string of the molecule is Cc1cc(CNC(C)CNCC(C)C)c(F)cc1F. The van der Waals surface area contributed by atoms with Crippen molar-refractivity contribution in [2.24, 2.45) is 5.92 Å². The van der Waals surface area contributed by atoms with Crippen molar-refractivity contribution in [2.45, 2.75) is 40.3 Å². The van der Waals surface area contributed by atoms with Gasteiger partial charge in [-0.25, -0.2) is 8.78 Å². The molecule has 2 N–H and O–H groups in total. The first-order chi connectivity index (χ1) is 8.90. The third kappa shape index (κ3) is 5.66. The lowest BCUT2D eigenvalue weighted by molar-refractivity contribution is 0.466. The van der Waals surface area contributed by atoms with E-state index in [1.165, 1.54) is 0 Å². The predicted octanol–water partition coefficient (Wildman–Crippen LogP) is 3.00. The second-order valence-corrected chi connectivity index (χ2v) is 5.53. The zero-order chi connectivity index (χ0) is 14.4. The predicted molar refractivity (Wildman–Crippen MR) is 75.1 cm³/mol. The van der Waals surface area contributed by atoms with Crippen LogP contribution in [0.3, 0.4) is 0 Å². The van der Waals surface area contributed by atoms with E-state index in [-0.39, 0.29) is 6.04 Å². The Hall–Kier alpha value is -1.00. The fourth-order valence-corrected chi connectivity index (χ4v) is 1.80. The molecule has 0 bridgehead atoms. The highest BCUT2D eigenvalue weighted by atomic mass is 19.1. The van der Waals surface area contributed by atoms with E-state index in [2.05, 4.69) is 24.5 Å². The molecule has 0 aliphatic heterocycles. The molecule has 0 spiro atoms. The highest BCUT2D eigenvalue weighted by Crippen LogP contribution is 2.14. The number of nitrogens with one attached hydrogen (secondary N) is 2. The molecule has 0 aliphatic rings. The van der Waals surface area contributed by atoms with E-state index >= 15 is 0 Å². The number of rotatable bonds is 7. The number of benzene rings is 1. The molecule has 1 aromatic rings. The summed E-state index contributed by atoms with van der Waals surface area (Å²) >= 11 is 0. The standard InChI is InChI=1S/C15H24F2N2/c1-10(2)7-18-8-12(4)19-9-13-5-11(3)14(16)6-15(13)17/h5-6,10,12,18-19H,7-9H2,1-4H3. The summed E-state index contributed by atoms with van der Waals surface area (Å²) in [5.41, 5.74) is 0.985. The average Bonchev–Trinajstić information content (AvgIpc) is 2.31. The minimum atomic E-state index is -0.493. The van der Waals surface area contributed by atoms with Crippen molar-refractivity contribution in [1.29, 1.82) is 0 Å². The average molecular weight is 270 g/mol. The largest absolute Gasteiger partial charge is 0.315 e. The first-order valence-electron chi connectivity index (χ1n) is 6.78. The summed E-state index contributed by atoms with van der Waals surface area (Å²) in [7, 11) is 0. The maximum absolute atomic E-state index is 13.5.